The summed E-state index contributed by atoms with van der Waals surface area (Å²) in [6.07, 6.45) is 4.16. The van der Waals surface area contributed by atoms with Gasteiger partial charge in [0.25, 0.3) is 0 Å². The van der Waals surface area contributed by atoms with Gasteiger partial charge in [-0.15, -0.1) is 0 Å². The molecule has 150 valence electrons. The maximum absolute atomic E-state index is 14.3. The summed E-state index contributed by atoms with van der Waals surface area (Å²) in [6.45, 7) is 0. The Morgan fingerprint density at radius 3 is 2.73 bits per heavy atom. The molecule has 1 N–H and O–H groups in total. The third-order valence-electron chi connectivity index (χ3n) is 4.18. The fourth-order valence-corrected chi connectivity index (χ4v) is 3.66. The van der Waals surface area contributed by atoms with Crippen molar-refractivity contribution in [2.24, 2.45) is 0 Å². The van der Waals surface area contributed by atoms with Gasteiger partial charge in [-0.3, -0.25) is 4.98 Å². The van der Waals surface area contributed by atoms with E-state index in [9.17, 15) is 9.18 Å². The number of aldehydes is 1. The molecule has 2 aromatic carbocycles. The first kappa shape index (κ1) is 20.0. The van der Waals surface area contributed by atoms with Gasteiger partial charge in [0.15, 0.2) is 5.13 Å². The number of anilines is 2. The SMILES string of the molecule is O=CCc1cc(Nc2nc(-c3cccnc3)c(F)s2)ccc1Oc1ccc(Cl)cc1. The molecule has 4 aromatic rings. The fourth-order valence-electron chi connectivity index (χ4n) is 2.80. The van der Waals surface area contributed by atoms with Crippen LogP contribution in [0, 0.1) is 5.13 Å². The van der Waals surface area contributed by atoms with Crippen LogP contribution < -0.4 is 10.1 Å². The number of aromatic nitrogens is 2. The number of rotatable bonds is 7. The minimum absolute atomic E-state index is 0.172. The van der Waals surface area contributed by atoms with E-state index in [1.165, 1.54) is 0 Å². The van der Waals surface area contributed by atoms with Gasteiger partial charge in [0.1, 0.15) is 23.5 Å². The van der Waals surface area contributed by atoms with Crippen molar-refractivity contribution < 1.29 is 13.9 Å². The highest BCUT2D eigenvalue weighted by Crippen LogP contribution is 2.33. The summed E-state index contributed by atoms with van der Waals surface area (Å²) in [5, 5.41) is 3.69. The zero-order valence-electron chi connectivity index (χ0n) is 15.5. The van der Waals surface area contributed by atoms with Crippen molar-refractivity contribution in [3.05, 3.63) is 82.7 Å². The van der Waals surface area contributed by atoms with Crippen LogP contribution in [0.2, 0.25) is 5.02 Å². The Kier molecular flexibility index (Phi) is 6.02. The molecule has 0 aliphatic rings. The maximum atomic E-state index is 14.3. The van der Waals surface area contributed by atoms with Gasteiger partial charge in [0, 0.05) is 40.7 Å². The molecule has 4 rings (SSSR count). The number of ether oxygens (including phenoxy) is 1. The number of thiazole rings is 1. The molecule has 0 amide bonds. The lowest BCUT2D eigenvalue weighted by Gasteiger charge is -2.12. The molecule has 0 radical (unpaired) electrons. The highest BCUT2D eigenvalue weighted by molar-refractivity contribution is 7.14. The van der Waals surface area contributed by atoms with Crippen LogP contribution in [0.5, 0.6) is 11.5 Å². The zero-order valence-corrected chi connectivity index (χ0v) is 17.1. The number of nitrogens with zero attached hydrogens (tertiary/aromatic N) is 2. The van der Waals surface area contributed by atoms with Gasteiger partial charge in [-0.25, -0.2) is 4.98 Å². The molecule has 0 unspecified atom stereocenters. The van der Waals surface area contributed by atoms with Gasteiger partial charge >= 0.3 is 0 Å². The highest BCUT2D eigenvalue weighted by Gasteiger charge is 2.14. The van der Waals surface area contributed by atoms with Crippen LogP contribution >= 0.6 is 22.9 Å². The molecular formula is C22H15ClFN3O2S. The van der Waals surface area contributed by atoms with Crippen molar-refractivity contribution in [1.29, 1.82) is 0 Å². The number of benzene rings is 2. The number of hydrogen-bond acceptors (Lipinski definition) is 6. The third kappa shape index (κ3) is 4.64. The molecule has 30 heavy (non-hydrogen) atoms. The Morgan fingerprint density at radius 1 is 1.17 bits per heavy atom. The standard InChI is InChI=1S/C22H15ClFN3O2S/c23-16-3-6-18(7-4-16)29-19-8-5-17(12-14(19)9-11-28)26-22-27-20(21(24)30-22)15-2-1-10-25-13-15/h1-8,10-13H,9H2,(H,26,27). The lowest BCUT2D eigenvalue weighted by molar-refractivity contribution is -0.107. The van der Waals surface area contributed by atoms with Gasteiger partial charge in [0.2, 0.25) is 5.13 Å². The van der Waals surface area contributed by atoms with E-state index in [1.807, 2.05) is 0 Å². The number of pyridine rings is 1. The number of nitrogens with one attached hydrogen (secondary N) is 1. The van der Waals surface area contributed by atoms with Crippen molar-refractivity contribution in [3.63, 3.8) is 0 Å². The minimum atomic E-state index is -0.402. The normalized spacial score (nSPS) is 10.6. The van der Waals surface area contributed by atoms with E-state index in [0.717, 1.165) is 17.6 Å². The third-order valence-corrected chi connectivity index (χ3v) is 5.19. The van der Waals surface area contributed by atoms with Crippen LogP contribution in [-0.4, -0.2) is 16.3 Å². The summed E-state index contributed by atoms with van der Waals surface area (Å²) >= 11 is 6.80. The predicted molar refractivity (Wildman–Crippen MR) is 116 cm³/mol. The summed E-state index contributed by atoms with van der Waals surface area (Å²) in [6, 6.07) is 15.7. The van der Waals surface area contributed by atoms with Gasteiger partial charge in [0.05, 0.1) is 0 Å². The van der Waals surface area contributed by atoms with Crippen molar-refractivity contribution in [3.8, 4) is 22.8 Å². The summed E-state index contributed by atoms with van der Waals surface area (Å²) in [5.74, 6) is 1.16. The van der Waals surface area contributed by atoms with E-state index in [2.05, 4.69) is 15.3 Å². The first-order valence-electron chi connectivity index (χ1n) is 8.96. The van der Waals surface area contributed by atoms with Gasteiger partial charge < -0.3 is 14.8 Å². The molecule has 0 aliphatic heterocycles. The lowest BCUT2D eigenvalue weighted by atomic mass is 10.1. The van der Waals surface area contributed by atoms with E-state index >= 15 is 0 Å². The number of carbonyl (C=O) groups is 1. The maximum Gasteiger partial charge on any atom is 0.206 e. The number of carbonyl (C=O) groups excluding carboxylic acids is 1. The summed E-state index contributed by atoms with van der Waals surface area (Å²) in [4.78, 5) is 19.5. The molecule has 8 heteroatoms. The molecule has 2 heterocycles. The Bertz CT molecular complexity index is 1170. The summed E-state index contributed by atoms with van der Waals surface area (Å²) in [7, 11) is 0. The Balaban J connectivity index is 1.57. The molecule has 0 saturated heterocycles. The lowest BCUT2D eigenvalue weighted by Crippen LogP contribution is -1.96. The average Bonchev–Trinajstić information content (AvgIpc) is 3.12. The Hall–Kier alpha value is -3.29. The molecule has 0 saturated carbocycles. The molecule has 0 bridgehead atoms. The van der Waals surface area contributed by atoms with Crippen LogP contribution in [0.1, 0.15) is 5.56 Å². The van der Waals surface area contributed by atoms with E-state index in [0.29, 0.717) is 38.5 Å². The van der Waals surface area contributed by atoms with Crippen LogP contribution in [0.3, 0.4) is 0 Å². The monoisotopic (exact) mass is 439 g/mol. The van der Waals surface area contributed by atoms with Crippen molar-refractivity contribution in [2.75, 3.05) is 5.32 Å². The van der Waals surface area contributed by atoms with Crippen LogP contribution in [0.25, 0.3) is 11.3 Å². The number of hydrogen-bond donors (Lipinski definition) is 1. The number of halogens is 2. The Morgan fingerprint density at radius 2 is 2.00 bits per heavy atom. The van der Waals surface area contributed by atoms with Crippen LogP contribution in [-0.2, 0) is 11.2 Å². The molecule has 0 aliphatic carbocycles. The average molecular weight is 440 g/mol. The van der Waals surface area contributed by atoms with Crippen LogP contribution in [0.15, 0.2) is 67.0 Å². The largest absolute Gasteiger partial charge is 0.457 e. The minimum Gasteiger partial charge on any atom is -0.457 e. The summed E-state index contributed by atoms with van der Waals surface area (Å²) in [5.41, 5.74) is 2.20. The zero-order chi connectivity index (χ0) is 20.9. The first-order chi connectivity index (χ1) is 14.6. The van der Waals surface area contributed by atoms with E-state index in [-0.39, 0.29) is 12.1 Å². The Labute approximate surface area is 181 Å². The quantitative estimate of drug-likeness (QED) is 0.343. The molecule has 2 aromatic heterocycles. The smallest absolute Gasteiger partial charge is 0.206 e. The van der Waals surface area contributed by atoms with Crippen molar-refractivity contribution >= 4 is 40.0 Å². The highest BCUT2D eigenvalue weighted by atomic mass is 35.5. The van der Waals surface area contributed by atoms with E-state index in [1.54, 1.807) is 67.0 Å². The topological polar surface area (TPSA) is 64.1 Å². The van der Waals surface area contributed by atoms with E-state index < -0.39 is 5.13 Å². The van der Waals surface area contributed by atoms with Gasteiger partial charge in [-0.2, -0.15) is 4.39 Å². The molecule has 0 spiro atoms. The van der Waals surface area contributed by atoms with Gasteiger partial charge in [-0.1, -0.05) is 22.9 Å². The second kappa shape index (κ2) is 9.02. The van der Waals surface area contributed by atoms with Crippen molar-refractivity contribution in [1.82, 2.24) is 9.97 Å². The van der Waals surface area contributed by atoms with Crippen LogP contribution in [0.4, 0.5) is 15.2 Å². The van der Waals surface area contributed by atoms with E-state index in [4.69, 9.17) is 16.3 Å². The van der Waals surface area contributed by atoms with Gasteiger partial charge in [-0.05, 0) is 54.6 Å². The second-order valence-corrected chi connectivity index (χ2v) is 7.64. The molecule has 5 nitrogen and oxygen atoms in total. The van der Waals surface area contributed by atoms with Crippen molar-refractivity contribution in [2.45, 2.75) is 6.42 Å². The second-order valence-electron chi connectivity index (χ2n) is 6.26. The molecular weight excluding hydrogens is 425 g/mol. The molecule has 0 atom stereocenters. The fraction of sp³-hybridized carbons (Fsp3) is 0.0455. The summed E-state index contributed by atoms with van der Waals surface area (Å²) < 4.78 is 20.2. The predicted octanol–water partition coefficient (Wildman–Crippen LogP) is 6.27. The molecule has 0 fully saturated rings. The first-order valence-corrected chi connectivity index (χ1v) is 10.2.